The van der Waals surface area contributed by atoms with Gasteiger partial charge in [-0.1, -0.05) is 0 Å². The van der Waals surface area contributed by atoms with E-state index >= 15 is 0 Å². The minimum absolute atomic E-state index is 0. The van der Waals surface area contributed by atoms with Crippen molar-refractivity contribution in [2.45, 2.75) is 12.1 Å². The maximum atomic E-state index is 12.5. The van der Waals surface area contributed by atoms with E-state index in [1.807, 2.05) is 7.05 Å². The first-order chi connectivity index (χ1) is 15.1. The van der Waals surface area contributed by atoms with Gasteiger partial charge < -0.3 is 24.1 Å². The Balaban J connectivity index is 0.00000228. The van der Waals surface area contributed by atoms with Crippen molar-refractivity contribution in [3.8, 4) is 0 Å². The fourth-order valence-electron chi connectivity index (χ4n) is 7.10. The van der Waals surface area contributed by atoms with Crippen LogP contribution in [0.5, 0.6) is 0 Å². The van der Waals surface area contributed by atoms with E-state index in [2.05, 4.69) is 0 Å². The molecule has 6 unspecified atom stereocenters. The number of carbonyl (C=O) groups is 4. The SMILES string of the molecule is C[N+]12CC[N+]3(CC[N+]45CC[N+]6(C[CH-]O)CC(=O)OC64OC(=O)C5)CC(=O)OC13OC(=O)C2.[Y]. The van der Waals surface area contributed by atoms with Crippen LogP contribution in [0.3, 0.4) is 0 Å². The number of quaternary nitrogens is 4. The molecule has 14 heteroatoms. The zero-order valence-corrected chi connectivity index (χ0v) is 21.3. The smallest absolute Gasteiger partial charge is 0.561 e. The van der Waals surface area contributed by atoms with Crippen molar-refractivity contribution in [1.29, 1.82) is 0 Å². The monoisotopic (exact) mass is 544 g/mol. The van der Waals surface area contributed by atoms with Crippen LogP contribution >= 0.6 is 0 Å². The zero-order chi connectivity index (χ0) is 22.6. The molecule has 6 aliphatic rings. The van der Waals surface area contributed by atoms with Gasteiger partial charge >= 0.3 is 35.9 Å². The Morgan fingerprint density at radius 2 is 1.15 bits per heavy atom. The van der Waals surface area contributed by atoms with Crippen LogP contribution in [0.15, 0.2) is 0 Å². The van der Waals surface area contributed by atoms with E-state index in [-0.39, 0.29) is 83.4 Å². The fourth-order valence-corrected chi connectivity index (χ4v) is 7.10. The van der Waals surface area contributed by atoms with Crippen LogP contribution < -0.4 is 0 Å². The topological polar surface area (TPSA) is 125 Å². The summed E-state index contributed by atoms with van der Waals surface area (Å²) in [6.45, 7) is 4.17. The Kier molecular flexibility index (Phi) is 4.94. The predicted octanol–water partition coefficient (Wildman–Crippen LogP) is -3.11. The number of carbonyl (C=O) groups excluding carboxylic acids is 4. The second-order valence-corrected chi connectivity index (χ2v) is 10.2. The molecule has 6 heterocycles. The molecule has 0 bridgehead atoms. The number of hydrogen-bond acceptors (Lipinski definition) is 9. The number of aliphatic hydroxyl groups is 1. The molecule has 1 N–H and O–H groups in total. The molecular weight excluding hydrogens is 517 g/mol. The van der Waals surface area contributed by atoms with Crippen LogP contribution in [0.2, 0.25) is 0 Å². The van der Waals surface area contributed by atoms with Crippen molar-refractivity contribution in [3.05, 3.63) is 6.61 Å². The van der Waals surface area contributed by atoms with Gasteiger partial charge in [-0.25, -0.2) is 23.7 Å². The molecule has 6 aliphatic heterocycles. The minimum Gasteiger partial charge on any atom is -0.561 e. The molecule has 6 saturated heterocycles. The summed E-state index contributed by atoms with van der Waals surface area (Å²) in [5.41, 5.74) is 0. The van der Waals surface area contributed by atoms with Gasteiger partial charge in [0.05, 0.1) is 7.05 Å². The second-order valence-electron chi connectivity index (χ2n) is 10.2. The molecule has 0 aromatic rings. The summed E-state index contributed by atoms with van der Waals surface area (Å²) >= 11 is 0. The summed E-state index contributed by atoms with van der Waals surface area (Å²) in [7, 11) is 1.85. The summed E-state index contributed by atoms with van der Waals surface area (Å²) in [5.74, 6) is -1.80. The standard InChI is InChI=1S/C19H27N4O9.Y/c1-20-2-3-21(11-15(26)30-18(20,21)29-14(25)10-20)4-5-22-6-7-23(8-9-24)13-17(28)32-19(22,23)31-16(27)12-22;/h9,24H,2-8,10-13H2,1H3;/q+3;. The maximum Gasteiger partial charge on any atom is 0.568 e. The van der Waals surface area contributed by atoms with Crippen LogP contribution in [0.1, 0.15) is 0 Å². The summed E-state index contributed by atoms with van der Waals surface area (Å²) in [5, 5.41) is 9.57. The van der Waals surface area contributed by atoms with Crippen molar-refractivity contribution in [2.24, 2.45) is 0 Å². The Bertz CT molecular complexity index is 975. The Labute approximate surface area is 214 Å². The molecule has 0 aromatic heterocycles. The van der Waals surface area contributed by atoms with Gasteiger partial charge in [0.15, 0.2) is 26.2 Å². The van der Waals surface area contributed by atoms with Crippen molar-refractivity contribution in [2.75, 3.05) is 79.0 Å². The van der Waals surface area contributed by atoms with Gasteiger partial charge in [-0.15, -0.1) is 0 Å². The van der Waals surface area contributed by atoms with Gasteiger partial charge in [0.25, 0.3) is 0 Å². The number of aliphatic hydroxyl groups excluding tert-OH is 1. The molecule has 0 aromatic carbocycles. The van der Waals surface area contributed by atoms with Crippen molar-refractivity contribution >= 4 is 23.9 Å². The van der Waals surface area contributed by atoms with Gasteiger partial charge in [-0.3, -0.25) is 0 Å². The third-order valence-corrected chi connectivity index (χ3v) is 8.61. The number of nitrogens with zero attached hydrogens (tertiary/aromatic N) is 4. The van der Waals surface area contributed by atoms with Crippen LogP contribution in [-0.4, -0.2) is 138 Å². The molecule has 6 atom stereocenters. The number of esters is 4. The van der Waals surface area contributed by atoms with Crippen molar-refractivity contribution < 1.29 is 93.9 Å². The van der Waals surface area contributed by atoms with E-state index in [0.717, 1.165) is 6.61 Å². The molecule has 1 radical (unpaired) electrons. The van der Waals surface area contributed by atoms with Gasteiger partial charge in [-0.05, 0) is 6.54 Å². The number of rotatable bonds is 5. The Morgan fingerprint density at radius 3 is 1.73 bits per heavy atom. The third kappa shape index (κ3) is 2.56. The molecule has 6 fully saturated rings. The van der Waals surface area contributed by atoms with Crippen molar-refractivity contribution in [1.82, 2.24) is 0 Å². The predicted molar refractivity (Wildman–Crippen MR) is 96.6 cm³/mol. The van der Waals surface area contributed by atoms with Gasteiger partial charge in [0.1, 0.15) is 39.3 Å². The quantitative estimate of drug-likeness (QED) is 0.218. The van der Waals surface area contributed by atoms with Gasteiger partial charge in [0, 0.05) is 32.7 Å². The second kappa shape index (κ2) is 6.93. The van der Waals surface area contributed by atoms with Crippen LogP contribution in [0.4, 0.5) is 0 Å². The van der Waals surface area contributed by atoms with Crippen molar-refractivity contribution in [3.63, 3.8) is 0 Å². The van der Waals surface area contributed by atoms with E-state index in [1.54, 1.807) is 0 Å². The van der Waals surface area contributed by atoms with Crippen LogP contribution in [0.25, 0.3) is 0 Å². The summed E-state index contributed by atoms with van der Waals surface area (Å²) in [4.78, 5) is 49.6. The Morgan fingerprint density at radius 1 is 0.727 bits per heavy atom. The molecule has 6 rings (SSSR count). The maximum absolute atomic E-state index is 12.5. The molecule has 0 aliphatic carbocycles. The van der Waals surface area contributed by atoms with Crippen LogP contribution in [0, 0.1) is 6.61 Å². The first kappa shape index (κ1) is 23.5. The molecule has 13 nitrogen and oxygen atoms in total. The van der Waals surface area contributed by atoms with Gasteiger partial charge in [-0.2, -0.15) is 20.1 Å². The largest absolute Gasteiger partial charge is 0.568 e. The van der Waals surface area contributed by atoms with E-state index in [0.29, 0.717) is 39.3 Å². The first-order valence-corrected chi connectivity index (χ1v) is 10.9. The zero-order valence-electron chi connectivity index (χ0n) is 18.4. The van der Waals surface area contributed by atoms with E-state index in [4.69, 9.17) is 18.9 Å². The molecule has 2 spiro atoms. The minimum atomic E-state index is -1.55. The first-order valence-electron chi connectivity index (χ1n) is 10.9. The van der Waals surface area contributed by atoms with E-state index in [1.165, 1.54) is 0 Å². The molecule has 0 amide bonds. The average molecular weight is 544 g/mol. The fraction of sp³-hybridized carbons (Fsp3) is 0.737. The number of likely N-dealkylation sites (N-methyl/N-ethyl adjacent to an activating group) is 1. The van der Waals surface area contributed by atoms with E-state index < -0.39 is 35.9 Å². The van der Waals surface area contributed by atoms with Crippen LogP contribution in [-0.2, 0) is 70.8 Å². The molecule has 177 valence electrons. The van der Waals surface area contributed by atoms with E-state index in [9.17, 15) is 24.3 Å². The number of ether oxygens (including phenoxy) is 4. The summed E-state index contributed by atoms with van der Waals surface area (Å²) in [6.07, 6.45) is 0. The van der Waals surface area contributed by atoms with Gasteiger partial charge in [0.2, 0.25) is 0 Å². The molecule has 33 heavy (non-hydrogen) atoms. The summed E-state index contributed by atoms with van der Waals surface area (Å²) < 4.78 is 23.2. The number of hydrogen-bond donors (Lipinski definition) is 1. The third-order valence-electron chi connectivity index (χ3n) is 8.61. The molecule has 0 saturated carbocycles. The summed E-state index contributed by atoms with van der Waals surface area (Å²) in [6, 6.07) is -2.96. The molecular formula is C19H27N4O9Y+3. The normalized spacial score (nSPS) is 48.9. The average Bonchev–Trinajstić information content (AvgIpc) is 3.40. The Hall–Kier alpha value is -1.22.